The Kier molecular flexibility index (Phi) is 5.37. The maximum Gasteiger partial charge on any atom is 0.259 e. The van der Waals surface area contributed by atoms with Gasteiger partial charge in [0.05, 0.1) is 5.56 Å². The average Bonchev–Trinajstić information content (AvgIpc) is 2.72. The van der Waals surface area contributed by atoms with Crippen molar-refractivity contribution in [3.05, 3.63) is 75.6 Å². The van der Waals surface area contributed by atoms with Crippen molar-refractivity contribution in [1.82, 2.24) is 10.3 Å². The number of amides is 1. The number of hydrogen-bond acceptors (Lipinski definition) is 5. The molecular weight excluding hydrogens is 384 g/mol. The van der Waals surface area contributed by atoms with Gasteiger partial charge in [0.2, 0.25) is 5.88 Å². The largest absolute Gasteiger partial charge is 0.494 e. The van der Waals surface area contributed by atoms with Crippen LogP contribution in [0.4, 0.5) is 0 Å². The van der Waals surface area contributed by atoms with Crippen molar-refractivity contribution in [3.8, 4) is 28.1 Å². The molecule has 1 aromatic heterocycles. The first-order valence-corrected chi connectivity index (χ1v) is 8.85. The number of hydrogen-bond donors (Lipinski definition) is 7. The Morgan fingerprint density at radius 3 is 1.93 bits per heavy atom. The van der Waals surface area contributed by atoms with Gasteiger partial charge in [-0.15, -0.1) is 0 Å². The summed E-state index contributed by atoms with van der Waals surface area (Å²) in [6, 6.07) is 12.9. The maximum absolute atomic E-state index is 12.9. The van der Waals surface area contributed by atoms with Gasteiger partial charge in [-0.05, 0) is 23.3 Å². The Labute approximate surface area is 171 Å². The van der Waals surface area contributed by atoms with Crippen molar-refractivity contribution in [2.75, 3.05) is 7.05 Å². The number of pyridine rings is 1. The highest BCUT2D eigenvalue weighted by Crippen LogP contribution is 2.36. The number of aromatic amines is 1. The number of aromatic hydroxyl groups is 1. The molecule has 2 aromatic carbocycles. The van der Waals surface area contributed by atoms with Crippen molar-refractivity contribution >= 4 is 17.6 Å². The molecule has 0 radical (unpaired) electrons. The predicted molar refractivity (Wildman–Crippen MR) is 115 cm³/mol. The van der Waals surface area contributed by atoms with Crippen LogP contribution in [0.1, 0.15) is 21.5 Å². The minimum Gasteiger partial charge on any atom is -0.494 e. The highest BCUT2D eigenvalue weighted by Gasteiger charge is 2.25. The summed E-state index contributed by atoms with van der Waals surface area (Å²) in [5.41, 5.74) is 12.3. The van der Waals surface area contributed by atoms with Crippen LogP contribution in [0.5, 0.6) is 5.88 Å². The number of rotatable bonds is 5. The highest BCUT2D eigenvalue weighted by molar-refractivity contribution is 6.07. The molecule has 9 N–H and O–H groups in total. The van der Waals surface area contributed by atoms with Gasteiger partial charge in [-0.3, -0.25) is 25.4 Å². The van der Waals surface area contributed by atoms with Crippen LogP contribution in [0.3, 0.4) is 0 Å². The summed E-state index contributed by atoms with van der Waals surface area (Å²) in [4.78, 5) is 27.8. The molecule has 9 heteroatoms. The quantitative estimate of drug-likeness (QED) is 0.250. The van der Waals surface area contributed by atoms with Crippen LogP contribution in [0.2, 0.25) is 0 Å². The zero-order valence-corrected chi connectivity index (χ0v) is 16.0. The van der Waals surface area contributed by atoms with E-state index in [1.807, 2.05) is 0 Å². The van der Waals surface area contributed by atoms with Gasteiger partial charge in [-0.25, -0.2) is 0 Å². The second kappa shape index (κ2) is 7.92. The molecule has 3 rings (SSSR count). The van der Waals surface area contributed by atoms with Gasteiger partial charge in [0.25, 0.3) is 11.5 Å². The van der Waals surface area contributed by atoms with Crippen molar-refractivity contribution in [2.45, 2.75) is 0 Å². The fraction of sp³-hybridized carbons (Fsp3) is 0.0476. The number of aromatic nitrogens is 1. The van der Waals surface area contributed by atoms with Gasteiger partial charge in [0.15, 0.2) is 0 Å². The third-order valence-corrected chi connectivity index (χ3v) is 4.57. The number of nitrogen functional groups attached to an aromatic ring is 2. The SMILES string of the molecule is CNC(=O)c1c(O)[nH]c(=O)c(-c2cccc(C(=N)N)c2)c1-c1cccc(C(=N)N)c1. The summed E-state index contributed by atoms with van der Waals surface area (Å²) >= 11 is 0. The lowest BCUT2D eigenvalue weighted by Gasteiger charge is -2.16. The van der Waals surface area contributed by atoms with Gasteiger partial charge >= 0.3 is 0 Å². The van der Waals surface area contributed by atoms with E-state index in [0.717, 1.165) is 0 Å². The lowest BCUT2D eigenvalue weighted by molar-refractivity contribution is 0.0960. The summed E-state index contributed by atoms with van der Waals surface area (Å²) in [5.74, 6) is -1.57. The number of amidine groups is 2. The molecule has 0 saturated heterocycles. The molecule has 0 aliphatic carbocycles. The van der Waals surface area contributed by atoms with E-state index in [1.54, 1.807) is 48.5 Å². The van der Waals surface area contributed by atoms with Crippen molar-refractivity contribution in [1.29, 1.82) is 10.8 Å². The first-order valence-electron chi connectivity index (χ1n) is 8.85. The standard InChI is InChI=1S/C21H20N6O3/c1-26-19(28)16-14(10-4-2-6-12(8-10)17(22)23)15(20(29)27-21(16)30)11-5-3-7-13(9-11)18(24)25/h2-9H,1H3,(H3,22,23)(H3,24,25)(H,26,28)(H2,27,29,30). The lowest BCUT2D eigenvalue weighted by atomic mass is 9.90. The van der Waals surface area contributed by atoms with E-state index in [9.17, 15) is 14.7 Å². The topological polar surface area (TPSA) is 182 Å². The third-order valence-electron chi connectivity index (χ3n) is 4.57. The fourth-order valence-electron chi connectivity index (χ4n) is 3.18. The monoisotopic (exact) mass is 404 g/mol. The molecule has 0 aliphatic heterocycles. The lowest BCUT2D eigenvalue weighted by Crippen LogP contribution is -2.23. The minimum absolute atomic E-state index is 0.107. The number of H-pyrrole nitrogens is 1. The molecule has 0 spiro atoms. The van der Waals surface area contributed by atoms with Crippen LogP contribution in [-0.4, -0.2) is 34.7 Å². The smallest absolute Gasteiger partial charge is 0.259 e. The first-order chi connectivity index (χ1) is 14.2. The van der Waals surface area contributed by atoms with Gasteiger partial charge in [-0.1, -0.05) is 36.4 Å². The van der Waals surface area contributed by atoms with Gasteiger partial charge in [0, 0.05) is 23.7 Å². The molecule has 1 amide bonds. The molecule has 0 saturated carbocycles. The van der Waals surface area contributed by atoms with Crippen molar-refractivity contribution in [3.63, 3.8) is 0 Å². The van der Waals surface area contributed by atoms with Gasteiger partial charge in [0.1, 0.15) is 17.2 Å². The Hall–Kier alpha value is -4.40. The van der Waals surface area contributed by atoms with E-state index >= 15 is 0 Å². The van der Waals surface area contributed by atoms with Gasteiger partial charge in [-0.2, -0.15) is 0 Å². The summed E-state index contributed by atoms with van der Waals surface area (Å²) in [6.45, 7) is 0. The summed E-state index contributed by atoms with van der Waals surface area (Å²) in [6.07, 6.45) is 0. The normalized spacial score (nSPS) is 10.4. The molecule has 0 bridgehead atoms. The Bertz CT molecular complexity index is 1250. The number of nitrogens with one attached hydrogen (secondary N) is 4. The molecule has 30 heavy (non-hydrogen) atoms. The minimum atomic E-state index is -0.635. The van der Waals surface area contributed by atoms with Crippen LogP contribution in [0.15, 0.2) is 53.3 Å². The Balaban J connectivity index is 2.47. The van der Waals surface area contributed by atoms with Crippen LogP contribution in [0, 0.1) is 10.8 Å². The molecule has 3 aromatic rings. The maximum atomic E-state index is 12.9. The van der Waals surface area contributed by atoms with E-state index in [1.165, 1.54) is 7.05 Å². The molecular formula is C21H20N6O3. The van der Waals surface area contributed by atoms with Crippen LogP contribution in [-0.2, 0) is 0 Å². The Morgan fingerprint density at radius 1 is 0.967 bits per heavy atom. The second-order valence-electron chi connectivity index (χ2n) is 6.50. The molecule has 0 aliphatic rings. The molecule has 1 heterocycles. The fourth-order valence-corrected chi connectivity index (χ4v) is 3.18. The molecule has 0 atom stereocenters. The predicted octanol–water partition coefficient (Wildman–Crippen LogP) is 1.34. The molecule has 0 fully saturated rings. The van der Waals surface area contributed by atoms with E-state index in [-0.39, 0.29) is 28.4 Å². The molecule has 152 valence electrons. The van der Waals surface area contributed by atoms with E-state index in [2.05, 4.69) is 10.3 Å². The average molecular weight is 404 g/mol. The number of benzene rings is 2. The van der Waals surface area contributed by atoms with Crippen molar-refractivity contribution in [2.24, 2.45) is 11.5 Å². The Morgan fingerprint density at radius 2 is 1.47 bits per heavy atom. The third kappa shape index (κ3) is 3.63. The molecule has 0 unspecified atom stereocenters. The van der Waals surface area contributed by atoms with E-state index < -0.39 is 17.3 Å². The van der Waals surface area contributed by atoms with Crippen LogP contribution in [0.25, 0.3) is 22.3 Å². The summed E-state index contributed by atoms with van der Waals surface area (Å²) in [7, 11) is 1.40. The zero-order chi connectivity index (χ0) is 22.0. The van der Waals surface area contributed by atoms with Crippen molar-refractivity contribution < 1.29 is 9.90 Å². The zero-order valence-electron chi connectivity index (χ0n) is 16.0. The van der Waals surface area contributed by atoms with Crippen LogP contribution >= 0.6 is 0 Å². The first kappa shape index (κ1) is 20.3. The van der Waals surface area contributed by atoms with E-state index in [0.29, 0.717) is 22.3 Å². The second-order valence-corrected chi connectivity index (χ2v) is 6.50. The number of nitrogens with two attached hydrogens (primary N) is 2. The summed E-state index contributed by atoms with van der Waals surface area (Å²) < 4.78 is 0. The highest BCUT2D eigenvalue weighted by atomic mass is 16.3. The number of carbonyl (C=O) groups is 1. The van der Waals surface area contributed by atoms with Gasteiger partial charge < -0.3 is 21.9 Å². The summed E-state index contributed by atoms with van der Waals surface area (Å²) in [5, 5.41) is 28.2. The van der Waals surface area contributed by atoms with E-state index in [4.69, 9.17) is 22.3 Å². The molecule has 9 nitrogen and oxygen atoms in total. The number of carbonyl (C=O) groups excluding carboxylic acids is 1. The van der Waals surface area contributed by atoms with Crippen LogP contribution < -0.4 is 22.3 Å².